The monoisotopic (exact) mass is 667 g/mol. The second kappa shape index (κ2) is 13.5. The van der Waals surface area contributed by atoms with Crippen molar-refractivity contribution in [3.05, 3.63) is 212 Å². The maximum Gasteiger partial charge on any atom is 0.0562 e. The minimum absolute atomic E-state index is 1.09. The fraction of sp³-hybridized carbons (Fsp3) is 0.0204. The molecule has 8 aromatic carbocycles. The van der Waals surface area contributed by atoms with Crippen LogP contribution in [0.15, 0.2) is 206 Å². The predicted molar refractivity (Wildman–Crippen MR) is 220 cm³/mol. The van der Waals surface area contributed by atoms with Gasteiger partial charge in [0, 0.05) is 44.9 Å². The Labute approximate surface area is 304 Å². The molecule has 52 heavy (non-hydrogen) atoms. The third kappa shape index (κ3) is 5.69. The highest BCUT2D eigenvalue weighted by atomic mass is 15.2. The highest BCUT2D eigenvalue weighted by Gasteiger charge is 2.22. The molecule has 9 rings (SSSR count). The summed E-state index contributed by atoms with van der Waals surface area (Å²) in [5, 5.41) is 2.42. The molecule has 0 unspecified atom stereocenters. The van der Waals surface area contributed by atoms with Crippen LogP contribution >= 0.6 is 0 Å². The second-order valence-electron chi connectivity index (χ2n) is 13.1. The third-order valence-electron chi connectivity index (χ3n) is 9.82. The normalized spacial score (nSPS) is 11.2. The van der Waals surface area contributed by atoms with E-state index in [0.717, 1.165) is 50.8 Å². The highest BCUT2D eigenvalue weighted by Crippen LogP contribution is 2.45. The number of aryl methyl sites for hydroxylation is 1. The lowest BCUT2D eigenvalue weighted by Gasteiger charge is -2.27. The lowest BCUT2D eigenvalue weighted by Crippen LogP contribution is -2.10. The first-order chi connectivity index (χ1) is 25.7. The summed E-state index contributed by atoms with van der Waals surface area (Å²) in [6.45, 7) is 2.14. The molecule has 0 aliphatic rings. The molecule has 9 aromatic rings. The maximum absolute atomic E-state index is 2.41. The smallest absolute Gasteiger partial charge is 0.0562 e. The summed E-state index contributed by atoms with van der Waals surface area (Å²) in [5.74, 6) is 0. The summed E-state index contributed by atoms with van der Waals surface area (Å²) in [6.07, 6.45) is 0. The molecule has 0 N–H and O–H groups in total. The van der Waals surface area contributed by atoms with Crippen molar-refractivity contribution < 1.29 is 0 Å². The summed E-state index contributed by atoms with van der Waals surface area (Å²) in [6, 6.07) is 73.9. The molecule has 3 heteroatoms. The first-order valence-corrected chi connectivity index (χ1v) is 17.8. The quantitative estimate of drug-likeness (QED) is 0.160. The van der Waals surface area contributed by atoms with Crippen molar-refractivity contribution in [1.82, 2.24) is 4.57 Å². The Morgan fingerprint density at radius 3 is 1.54 bits per heavy atom. The van der Waals surface area contributed by atoms with E-state index in [-0.39, 0.29) is 0 Å². The van der Waals surface area contributed by atoms with Crippen LogP contribution in [0.4, 0.5) is 34.1 Å². The van der Waals surface area contributed by atoms with Gasteiger partial charge < -0.3 is 14.4 Å². The fourth-order valence-electron chi connectivity index (χ4n) is 7.39. The maximum atomic E-state index is 2.41. The van der Waals surface area contributed by atoms with Gasteiger partial charge in [0.15, 0.2) is 0 Å². The average Bonchev–Trinajstić information content (AvgIpc) is 3.55. The van der Waals surface area contributed by atoms with Gasteiger partial charge in [-0.05, 0) is 103 Å². The van der Waals surface area contributed by atoms with Crippen LogP contribution in [0.2, 0.25) is 0 Å². The number of para-hydroxylation sites is 3. The van der Waals surface area contributed by atoms with Crippen LogP contribution < -0.4 is 9.80 Å². The van der Waals surface area contributed by atoms with E-state index in [1.165, 1.54) is 27.5 Å². The topological polar surface area (TPSA) is 11.4 Å². The number of rotatable bonds is 8. The zero-order valence-corrected chi connectivity index (χ0v) is 29.0. The Morgan fingerprint density at radius 1 is 0.365 bits per heavy atom. The zero-order chi connectivity index (χ0) is 34.9. The molecule has 0 atom stereocenters. The largest absolute Gasteiger partial charge is 0.310 e. The van der Waals surface area contributed by atoms with Crippen molar-refractivity contribution in [2.45, 2.75) is 6.92 Å². The van der Waals surface area contributed by atoms with Gasteiger partial charge >= 0.3 is 0 Å². The Balaban J connectivity index is 1.24. The van der Waals surface area contributed by atoms with Gasteiger partial charge in [0.2, 0.25) is 0 Å². The minimum Gasteiger partial charge on any atom is -0.310 e. The summed E-state index contributed by atoms with van der Waals surface area (Å²) in [5.41, 5.74) is 13.7. The Hall–Kier alpha value is -6.84. The molecule has 0 aliphatic heterocycles. The Kier molecular flexibility index (Phi) is 8.07. The number of nitrogens with zero attached hydrogens (tertiary/aromatic N) is 3. The second-order valence-corrected chi connectivity index (χ2v) is 13.1. The number of fused-ring (bicyclic) bond motifs is 3. The van der Waals surface area contributed by atoms with E-state index in [2.05, 4.69) is 228 Å². The fourth-order valence-corrected chi connectivity index (χ4v) is 7.39. The van der Waals surface area contributed by atoms with Crippen molar-refractivity contribution in [1.29, 1.82) is 0 Å². The van der Waals surface area contributed by atoms with Gasteiger partial charge in [0.1, 0.15) is 0 Å². The van der Waals surface area contributed by atoms with E-state index in [1.807, 2.05) is 0 Å². The predicted octanol–water partition coefficient (Wildman–Crippen LogP) is 13.7. The lowest BCUT2D eigenvalue weighted by molar-refractivity contribution is 1.17. The molecule has 0 saturated heterocycles. The molecule has 0 amide bonds. The van der Waals surface area contributed by atoms with Gasteiger partial charge in [-0.25, -0.2) is 0 Å². The molecule has 3 nitrogen and oxygen atoms in total. The van der Waals surface area contributed by atoms with E-state index in [0.29, 0.717) is 0 Å². The molecule has 0 aliphatic carbocycles. The Morgan fingerprint density at radius 2 is 0.865 bits per heavy atom. The van der Waals surface area contributed by atoms with Crippen LogP contribution in [0.5, 0.6) is 0 Å². The number of benzene rings is 8. The lowest BCUT2D eigenvalue weighted by atomic mass is 10.0. The van der Waals surface area contributed by atoms with E-state index in [4.69, 9.17) is 0 Å². The van der Waals surface area contributed by atoms with Crippen molar-refractivity contribution in [2.24, 2.45) is 0 Å². The number of hydrogen-bond acceptors (Lipinski definition) is 2. The first-order valence-electron chi connectivity index (χ1n) is 17.8. The third-order valence-corrected chi connectivity index (χ3v) is 9.82. The minimum atomic E-state index is 1.09. The molecular weight excluding hydrogens is 631 g/mol. The van der Waals surface area contributed by atoms with Crippen molar-refractivity contribution in [3.8, 4) is 16.8 Å². The van der Waals surface area contributed by atoms with E-state index in [1.54, 1.807) is 0 Å². The highest BCUT2D eigenvalue weighted by molar-refractivity contribution is 6.16. The zero-order valence-electron chi connectivity index (χ0n) is 29.0. The average molecular weight is 668 g/mol. The van der Waals surface area contributed by atoms with Crippen LogP contribution in [0.1, 0.15) is 5.56 Å². The summed E-state index contributed by atoms with van der Waals surface area (Å²) in [7, 11) is 0. The van der Waals surface area contributed by atoms with Crippen molar-refractivity contribution in [3.63, 3.8) is 0 Å². The van der Waals surface area contributed by atoms with Crippen LogP contribution in [-0.4, -0.2) is 4.57 Å². The number of anilines is 6. The van der Waals surface area contributed by atoms with Gasteiger partial charge in [-0.3, -0.25) is 0 Å². The molecular formula is C49H37N3. The molecule has 0 radical (unpaired) electrons. The van der Waals surface area contributed by atoms with Gasteiger partial charge in [0.05, 0.1) is 16.7 Å². The van der Waals surface area contributed by atoms with Gasteiger partial charge in [-0.2, -0.15) is 0 Å². The van der Waals surface area contributed by atoms with E-state index in [9.17, 15) is 0 Å². The van der Waals surface area contributed by atoms with Crippen molar-refractivity contribution >= 4 is 55.9 Å². The van der Waals surface area contributed by atoms with Gasteiger partial charge in [0.25, 0.3) is 0 Å². The molecule has 1 aromatic heterocycles. The van der Waals surface area contributed by atoms with Crippen LogP contribution in [-0.2, 0) is 0 Å². The molecule has 0 bridgehead atoms. The molecule has 0 spiro atoms. The summed E-state index contributed by atoms with van der Waals surface area (Å²) < 4.78 is 2.41. The van der Waals surface area contributed by atoms with Crippen LogP contribution in [0.25, 0.3) is 38.6 Å². The van der Waals surface area contributed by atoms with E-state index >= 15 is 0 Å². The van der Waals surface area contributed by atoms with E-state index < -0.39 is 0 Å². The van der Waals surface area contributed by atoms with Gasteiger partial charge in [-0.15, -0.1) is 0 Å². The molecule has 0 fully saturated rings. The van der Waals surface area contributed by atoms with Gasteiger partial charge in [-0.1, -0.05) is 127 Å². The summed E-state index contributed by atoms with van der Waals surface area (Å²) >= 11 is 0. The van der Waals surface area contributed by atoms with Crippen LogP contribution in [0.3, 0.4) is 0 Å². The van der Waals surface area contributed by atoms with Crippen molar-refractivity contribution in [2.75, 3.05) is 9.80 Å². The van der Waals surface area contributed by atoms with Crippen LogP contribution in [0, 0.1) is 6.92 Å². The molecule has 248 valence electrons. The Bertz CT molecular complexity index is 2570. The molecule has 1 heterocycles. The SMILES string of the molecule is Cc1ccc(N(c2ccc(-c3ccccc3)cc2)c2cccc3c2c2ccccc2n3-c2cccc(N(c3ccccc3)c3ccccc3)c2)cc1. The summed E-state index contributed by atoms with van der Waals surface area (Å²) in [4.78, 5) is 4.72. The first kappa shape index (κ1) is 31.2. The molecule has 0 saturated carbocycles. The number of hydrogen-bond donors (Lipinski definition) is 0. The number of aromatic nitrogens is 1. The standard InChI is InChI=1S/C49H37N3/c1-36-27-31-41(32-28-36)51(42-33-29-38(30-34-42)37-15-5-2-6-16-37)47-25-14-26-48-49(47)45-23-11-12-24-46(45)52(48)44-22-13-21-43(35-44)50(39-17-7-3-8-18-39)40-19-9-4-10-20-40/h2-35H,1H3.